The Morgan fingerprint density at radius 3 is 2.42 bits per heavy atom. The van der Waals surface area contributed by atoms with Gasteiger partial charge in [0.05, 0.1) is 18.2 Å². The van der Waals surface area contributed by atoms with Crippen molar-refractivity contribution in [2.24, 2.45) is 5.92 Å². The fraction of sp³-hybridized carbons (Fsp3) is 0.368. The molecule has 0 N–H and O–H groups in total. The summed E-state index contributed by atoms with van der Waals surface area (Å²) in [6.45, 7) is 6.33. The van der Waals surface area contributed by atoms with Gasteiger partial charge < -0.3 is 4.74 Å². The molecule has 0 aromatic heterocycles. The predicted molar refractivity (Wildman–Crippen MR) is 101 cm³/mol. The van der Waals surface area contributed by atoms with E-state index in [9.17, 15) is 8.42 Å². The maximum atomic E-state index is 10.8. The maximum absolute atomic E-state index is 10.8. The molecule has 2 aromatic carbocycles. The summed E-state index contributed by atoms with van der Waals surface area (Å²) in [4.78, 5) is 0. The summed E-state index contributed by atoms with van der Waals surface area (Å²) in [5.74, 6) is 1.17. The van der Waals surface area contributed by atoms with Gasteiger partial charge in [0.2, 0.25) is 0 Å². The van der Waals surface area contributed by atoms with Crippen molar-refractivity contribution < 1.29 is 13.2 Å². The molecular formula is C19H23ClO3S. The Hall–Kier alpha value is -1.52. The zero-order chi connectivity index (χ0) is 17.7. The van der Waals surface area contributed by atoms with Crippen LogP contribution in [0.2, 0.25) is 0 Å². The first-order valence-corrected chi connectivity index (χ1v) is 9.82. The number of hydrogen-bond acceptors (Lipinski definition) is 3. The summed E-state index contributed by atoms with van der Waals surface area (Å²) in [6.07, 6.45) is 0. The molecule has 3 nitrogen and oxygen atoms in total. The van der Waals surface area contributed by atoms with Crippen LogP contribution in [0.15, 0.2) is 36.4 Å². The van der Waals surface area contributed by atoms with Crippen LogP contribution in [-0.2, 0) is 16.6 Å². The SMILES string of the molecule is Cc1cc(OCC(C)C[SH](=O)=O)c(CCl)c(C)c1-c1ccccc1. The second-order valence-electron chi connectivity index (χ2n) is 6.10. The third kappa shape index (κ3) is 4.52. The van der Waals surface area contributed by atoms with Gasteiger partial charge in [0.25, 0.3) is 0 Å². The molecule has 0 spiro atoms. The number of thiol groups is 1. The average molecular weight is 367 g/mol. The molecule has 1 unspecified atom stereocenters. The minimum absolute atomic E-state index is 0.0521. The van der Waals surface area contributed by atoms with Gasteiger partial charge in [0, 0.05) is 11.5 Å². The highest BCUT2D eigenvalue weighted by Crippen LogP contribution is 2.36. The van der Waals surface area contributed by atoms with Gasteiger partial charge in [-0.25, -0.2) is 8.42 Å². The highest BCUT2D eigenvalue weighted by Gasteiger charge is 2.16. The smallest absolute Gasteiger partial charge is 0.140 e. The van der Waals surface area contributed by atoms with Crippen molar-refractivity contribution >= 4 is 22.3 Å². The standard InChI is InChI=1S/C19H23ClO3S/c1-13(12-24(21)22)11-23-18-9-14(2)19(15(3)17(18)10-20)16-7-5-4-6-8-16/h4-9,13,24H,10-12H2,1-3H3. The molecule has 0 saturated carbocycles. The topological polar surface area (TPSA) is 43.4 Å². The van der Waals surface area contributed by atoms with Crippen molar-refractivity contribution in [2.45, 2.75) is 26.7 Å². The molecule has 2 aromatic rings. The van der Waals surface area contributed by atoms with Gasteiger partial charge in [-0.15, -0.1) is 11.6 Å². The first-order chi connectivity index (χ1) is 11.4. The number of ether oxygens (including phenoxy) is 1. The number of alkyl halides is 1. The van der Waals surface area contributed by atoms with E-state index in [1.807, 2.05) is 31.2 Å². The van der Waals surface area contributed by atoms with Crippen molar-refractivity contribution in [3.05, 3.63) is 53.1 Å². The summed E-state index contributed by atoms with van der Waals surface area (Å²) in [5.41, 5.74) is 5.51. The lowest BCUT2D eigenvalue weighted by atomic mass is 9.92. The molecule has 0 aliphatic heterocycles. The molecule has 24 heavy (non-hydrogen) atoms. The van der Waals surface area contributed by atoms with Crippen LogP contribution < -0.4 is 4.74 Å². The number of benzene rings is 2. The zero-order valence-corrected chi connectivity index (χ0v) is 15.9. The van der Waals surface area contributed by atoms with Gasteiger partial charge in [-0.1, -0.05) is 37.3 Å². The Kier molecular flexibility index (Phi) is 6.69. The molecule has 0 heterocycles. The van der Waals surface area contributed by atoms with Crippen LogP contribution in [0.4, 0.5) is 0 Å². The third-order valence-electron chi connectivity index (χ3n) is 4.05. The molecule has 130 valence electrons. The molecule has 0 fully saturated rings. The summed E-state index contributed by atoms with van der Waals surface area (Å²) in [7, 11) is -2.39. The molecule has 1 atom stereocenters. The quantitative estimate of drug-likeness (QED) is 0.585. The van der Waals surface area contributed by atoms with Crippen LogP contribution in [0.5, 0.6) is 5.75 Å². The Morgan fingerprint density at radius 2 is 1.83 bits per heavy atom. The molecule has 0 amide bonds. The van der Waals surface area contributed by atoms with Gasteiger partial charge in [0.1, 0.15) is 16.5 Å². The van der Waals surface area contributed by atoms with Crippen LogP contribution >= 0.6 is 11.6 Å². The molecule has 2 rings (SSSR count). The van der Waals surface area contributed by atoms with E-state index in [4.69, 9.17) is 16.3 Å². The van der Waals surface area contributed by atoms with Crippen molar-refractivity contribution in [1.29, 1.82) is 0 Å². The van der Waals surface area contributed by atoms with Crippen molar-refractivity contribution in [3.8, 4) is 16.9 Å². The Bertz CT molecular complexity index is 762. The average Bonchev–Trinajstić information content (AvgIpc) is 2.53. The Morgan fingerprint density at radius 1 is 1.17 bits per heavy atom. The maximum Gasteiger partial charge on any atom is 0.140 e. The van der Waals surface area contributed by atoms with Crippen LogP contribution in [0, 0.1) is 19.8 Å². The Labute approximate surface area is 150 Å². The number of rotatable bonds is 7. The van der Waals surface area contributed by atoms with Crippen LogP contribution in [0.25, 0.3) is 11.1 Å². The molecule has 0 aliphatic carbocycles. The molecule has 5 heteroatoms. The molecule has 0 bridgehead atoms. The number of hydrogen-bond donors (Lipinski definition) is 1. The van der Waals surface area contributed by atoms with Crippen molar-refractivity contribution in [1.82, 2.24) is 0 Å². The van der Waals surface area contributed by atoms with E-state index in [0.29, 0.717) is 12.5 Å². The normalized spacial score (nSPS) is 12.4. The minimum Gasteiger partial charge on any atom is -0.493 e. The fourth-order valence-electron chi connectivity index (χ4n) is 2.87. The second-order valence-corrected chi connectivity index (χ2v) is 7.40. The van der Waals surface area contributed by atoms with Gasteiger partial charge in [-0.05, 0) is 42.2 Å². The largest absolute Gasteiger partial charge is 0.493 e. The van der Waals surface area contributed by atoms with Gasteiger partial charge >= 0.3 is 0 Å². The van der Waals surface area contributed by atoms with E-state index < -0.39 is 10.7 Å². The van der Waals surface area contributed by atoms with E-state index in [1.54, 1.807) is 0 Å². The Balaban J connectivity index is 2.34. The van der Waals surface area contributed by atoms with E-state index >= 15 is 0 Å². The second kappa shape index (κ2) is 8.54. The summed E-state index contributed by atoms with van der Waals surface area (Å²) < 4.78 is 27.5. The summed E-state index contributed by atoms with van der Waals surface area (Å²) >= 11 is 6.17. The van der Waals surface area contributed by atoms with Gasteiger partial charge in [-0.3, -0.25) is 0 Å². The zero-order valence-electron chi connectivity index (χ0n) is 14.2. The molecule has 0 radical (unpaired) electrons. The van der Waals surface area contributed by atoms with Gasteiger partial charge in [-0.2, -0.15) is 0 Å². The molecular weight excluding hydrogens is 344 g/mol. The first-order valence-electron chi connectivity index (χ1n) is 7.93. The van der Waals surface area contributed by atoms with E-state index in [1.165, 1.54) is 5.56 Å². The van der Waals surface area contributed by atoms with E-state index in [-0.39, 0.29) is 11.7 Å². The minimum atomic E-state index is -2.39. The van der Waals surface area contributed by atoms with E-state index in [0.717, 1.165) is 28.0 Å². The highest BCUT2D eigenvalue weighted by molar-refractivity contribution is 7.72. The monoisotopic (exact) mass is 366 g/mol. The summed E-state index contributed by atoms with van der Waals surface area (Å²) in [5, 5.41) is 0. The lowest BCUT2D eigenvalue weighted by Crippen LogP contribution is -2.14. The van der Waals surface area contributed by atoms with Crippen molar-refractivity contribution in [3.63, 3.8) is 0 Å². The van der Waals surface area contributed by atoms with E-state index in [2.05, 4.69) is 26.0 Å². The van der Waals surface area contributed by atoms with Crippen LogP contribution in [0.3, 0.4) is 0 Å². The van der Waals surface area contributed by atoms with Crippen LogP contribution in [-0.4, -0.2) is 20.8 Å². The predicted octanol–water partition coefficient (Wildman–Crippen LogP) is 4.34. The number of halogens is 1. The highest BCUT2D eigenvalue weighted by atomic mass is 35.5. The third-order valence-corrected chi connectivity index (χ3v) is 5.24. The fourth-order valence-corrected chi connectivity index (χ4v) is 3.82. The summed E-state index contributed by atoms with van der Waals surface area (Å²) in [6, 6.07) is 12.2. The van der Waals surface area contributed by atoms with Crippen molar-refractivity contribution in [2.75, 3.05) is 12.4 Å². The first kappa shape index (κ1) is 18.8. The van der Waals surface area contributed by atoms with Gasteiger partial charge in [0.15, 0.2) is 0 Å². The lowest BCUT2D eigenvalue weighted by Gasteiger charge is -2.19. The lowest BCUT2D eigenvalue weighted by molar-refractivity contribution is 0.270. The molecule has 0 saturated heterocycles. The van der Waals surface area contributed by atoms with Crippen LogP contribution in [0.1, 0.15) is 23.6 Å². The molecule has 0 aliphatic rings. The number of aryl methyl sites for hydroxylation is 1.